The SMILES string of the molecule is N#Cc1ccc(C2(F)C=CCn3nc(Nc4cnn(C5CCOCC5)c4)nc32)cc1. The Morgan fingerprint density at radius 3 is 2.80 bits per heavy atom. The first-order chi connectivity index (χ1) is 14.7. The zero-order valence-corrected chi connectivity index (χ0v) is 16.2. The van der Waals surface area contributed by atoms with Crippen molar-refractivity contribution in [3.05, 3.63) is 65.8 Å². The summed E-state index contributed by atoms with van der Waals surface area (Å²) in [6, 6.07) is 8.78. The van der Waals surface area contributed by atoms with E-state index in [2.05, 4.69) is 20.5 Å². The van der Waals surface area contributed by atoms with Crippen LogP contribution >= 0.6 is 0 Å². The Balaban J connectivity index is 1.39. The van der Waals surface area contributed by atoms with Gasteiger partial charge in [-0.2, -0.15) is 15.3 Å². The Kier molecular flexibility index (Phi) is 4.56. The van der Waals surface area contributed by atoms with Gasteiger partial charge in [0.05, 0.1) is 36.1 Å². The summed E-state index contributed by atoms with van der Waals surface area (Å²) in [4.78, 5) is 4.43. The number of nitrogens with one attached hydrogen (secondary N) is 1. The number of rotatable bonds is 4. The van der Waals surface area contributed by atoms with Crippen molar-refractivity contribution in [1.29, 1.82) is 5.26 Å². The van der Waals surface area contributed by atoms with Crippen LogP contribution in [0.1, 0.15) is 35.8 Å². The molecule has 0 spiro atoms. The summed E-state index contributed by atoms with van der Waals surface area (Å²) in [5.74, 6) is 0.518. The molecule has 30 heavy (non-hydrogen) atoms. The Bertz CT molecular complexity index is 1120. The number of benzene rings is 1. The van der Waals surface area contributed by atoms with Gasteiger partial charge in [-0.1, -0.05) is 18.2 Å². The monoisotopic (exact) mass is 405 g/mol. The molecule has 1 atom stereocenters. The van der Waals surface area contributed by atoms with E-state index in [9.17, 15) is 0 Å². The summed E-state index contributed by atoms with van der Waals surface area (Å²) >= 11 is 0. The molecule has 0 radical (unpaired) electrons. The second-order valence-corrected chi connectivity index (χ2v) is 7.42. The van der Waals surface area contributed by atoms with Gasteiger partial charge in [0.15, 0.2) is 5.82 Å². The largest absolute Gasteiger partial charge is 0.381 e. The van der Waals surface area contributed by atoms with Crippen LogP contribution in [-0.4, -0.2) is 37.8 Å². The number of halogens is 1. The van der Waals surface area contributed by atoms with Crippen LogP contribution in [0.25, 0.3) is 0 Å². The first-order valence-corrected chi connectivity index (χ1v) is 9.87. The van der Waals surface area contributed by atoms with Gasteiger partial charge in [0.25, 0.3) is 0 Å². The van der Waals surface area contributed by atoms with E-state index in [1.807, 2.05) is 16.9 Å². The highest BCUT2D eigenvalue weighted by Gasteiger charge is 2.39. The van der Waals surface area contributed by atoms with Crippen LogP contribution in [0.4, 0.5) is 16.0 Å². The Morgan fingerprint density at radius 2 is 2.03 bits per heavy atom. The fraction of sp³-hybridized carbons (Fsp3) is 0.333. The van der Waals surface area contributed by atoms with Crippen LogP contribution in [0, 0.1) is 11.3 Å². The van der Waals surface area contributed by atoms with E-state index in [1.165, 1.54) is 6.08 Å². The molecule has 2 aliphatic heterocycles. The fourth-order valence-corrected chi connectivity index (χ4v) is 3.87. The van der Waals surface area contributed by atoms with E-state index in [4.69, 9.17) is 10.00 Å². The lowest BCUT2D eigenvalue weighted by molar-refractivity contribution is 0.0662. The predicted molar refractivity (Wildman–Crippen MR) is 107 cm³/mol. The van der Waals surface area contributed by atoms with Crippen molar-refractivity contribution in [1.82, 2.24) is 24.5 Å². The van der Waals surface area contributed by atoms with Crippen LogP contribution in [0.2, 0.25) is 0 Å². The lowest BCUT2D eigenvalue weighted by Gasteiger charge is -2.24. The standard InChI is InChI=1S/C21H20FN7O/c22-21(16-4-2-15(12-23)3-5-16)8-1-9-28-19(21)26-20(27-28)25-17-13-24-29(14-17)18-6-10-30-11-7-18/h1-5,8,13-14,18H,6-7,9-11H2,(H,25,27). The zero-order valence-electron chi connectivity index (χ0n) is 16.2. The zero-order chi connectivity index (χ0) is 20.6. The summed E-state index contributed by atoms with van der Waals surface area (Å²) in [7, 11) is 0. The van der Waals surface area contributed by atoms with Gasteiger partial charge in [0, 0.05) is 25.0 Å². The van der Waals surface area contributed by atoms with Gasteiger partial charge in [-0.25, -0.2) is 9.07 Å². The van der Waals surface area contributed by atoms with E-state index in [0.717, 1.165) is 31.7 Å². The number of nitrogens with zero attached hydrogens (tertiary/aromatic N) is 6. The van der Waals surface area contributed by atoms with Gasteiger partial charge < -0.3 is 10.1 Å². The summed E-state index contributed by atoms with van der Waals surface area (Å²) in [5.41, 5.74) is -0.274. The Labute approximate surface area is 172 Å². The minimum Gasteiger partial charge on any atom is -0.381 e. The molecule has 1 unspecified atom stereocenters. The highest BCUT2D eigenvalue weighted by atomic mass is 19.1. The quantitative estimate of drug-likeness (QED) is 0.670. The molecule has 2 aliphatic rings. The molecule has 0 aliphatic carbocycles. The Hall–Kier alpha value is -3.51. The van der Waals surface area contributed by atoms with E-state index in [-0.39, 0.29) is 5.82 Å². The molecule has 0 amide bonds. The Morgan fingerprint density at radius 1 is 1.23 bits per heavy atom. The van der Waals surface area contributed by atoms with E-state index >= 15 is 4.39 Å². The lowest BCUT2D eigenvalue weighted by Crippen LogP contribution is -2.28. The molecule has 9 heteroatoms. The number of hydrogen-bond donors (Lipinski definition) is 1. The smallest absolute Gasteiger partial charge is 0.247 e. The van der Waals surface area contributed by atoms with Gasteiger partial charge in [-0.05, 0) is 31.1 Å². The number of fused-ring (bicyclic) bond motifs is 1. The summed E-state index contributed by atoms with van der Waals surface area (Å²) in [5, 5.41) is 21.0. The van der Waals surface area contributed by atoms with Crippen molar-refractivity contribution in [2.75, 3.05) is 18.5 Å². The molecule has 1 fully saturated rings. The maximum absolute atomic E-state index is 16.0. The van der Waals surface area contributed by atoms with Gasteiger partial charge in [0.1, 0.15) is 0 Å². The molecular weight excluding hydrogens is 385 g/mol. The number of ether oxygens (including phenoxy) is 1. The molecule has 1 saturated heterocycles. The fourth-order valence-electron chi connectivity index (χ4n) is 3.87. The van der Waals surface area contributed by atoms with Crippen molar-refractivity contribution in [3.8, 4) is 6.07 Å². The average Bonchev–Trinajstić information content (AvgIpc) is 3.42. The normalized spacial score (nSPS) is 21.2. The maximum atomic E-state index is 16.0. The minimum absolute atomic E-state index is 0.203. The molecule has 0 saturated carbocycles. The molecule has 1 aromatic carbocycles. The minimum atomic E-state index is -1.91. The number of allylic oxidation sites excluding steroid dienone is 2. The first-order valence-electron chi connectivity index (χ1n) is 9.87. The highest BCUT2D eigenvalue weighted by Crippen LogP contribution is 2.37. The highest BCUT2D eigenvalue weighted by molar-refractivity contribution is 5.51. The van der Waals surface area contributed by atoms with Crippen LogP contribution < -0.4 is 5.32 Å². The molecule has 152 valence electrons. The second kappa shape index (κ2) is 7.39. The number of alkyl halides is 1. The topological polar surface area (TPSA) is 93.6 Å². The van der Waals surface area contributed by atoms with Crippen LogP contribution in [-0.2, 0) is 17.0 Å². The van der Waals surface area contributed by atoms with Crippen molar-refractivity contribution >= 4 is 11.6 Å². The summed E-state index contributed by atoms with van der Waals surface area (Å²) in [6.07, 6.45) is 8.71. The summed E-state index contributed by atoms with van der Waals surface area (Å²) < 4.78 is 24.9. The number of hydrogen-bond acceptors (Lipinski definition) is 6. The van der Waals surface area contributed by atoms with Crippen LogP contribution in [0.3, 0.4) is 0 Å². The van der Waals surface area contributed by atoms with Crippen LogP contribution in [0.5, 0.6) is 0 Å². The molecule has 4 heterocycles. The number of aromatic nitrogens is 5. The third-order valence-corrected chi connectivity index (χ3v) is 5.48. The molecule has 3 aromatic rings. The maximum Gasteiger partial charge on any atom is 0.247 e. The molecule has 2 aromatic heterocycles. The lowest BCUT2D eigenvalue weighted by atomic mass is 9.92. The predicted octanol–water partition coefficient (Wildman–Crippen LogP) is 3.22. The number of nitriles is 1. The van der Waals surface area contributed by atoms with E-state index in [1.54, 1.807) is 41.2 Å². The number of anilines is 2. The van der Waals surface area contributed by atoms with Gasteiger partial charge in [-0.3, -0.25) is 4.68 Å². The molecule has 1 N–H and O–H groups in total. The molecule has 8 nitrogen and oxygen atoms in total. The molecule has 0 bridgehead atoms. The van der Waals surface area contributed by atoms with Crippen molar-refractivity contribution in [2.24, 2.45) is 0 Å². The van der Waals surface area contributed by atoms with E-state index in [0.29, 0.717) is 29.7 Å². The second-order valence-electron chi connectivity index (χ2n) is 7.42. The van der Waals surface area contributed by atoms with Gasteiger partial charge >= 0.3 is 0 Å². The third kappa shape index (κ3) is 3.25. The van der Waals surface area contributed by atoms with Gasteiger partial charge in [0.2, 0.25) is 11.6 Å². The molecular formula is C21H20FN7O. The first kappa shape index (κ1) is 18.5. The van der Waals surface area contributed by atoms with Gasteiger partial charge in [-0.15, -0.1) is 5.10 Å². The third-order valence-electron chi connectivity index (χ3n) is 5.48. The van der Waals surface area contributed by atoms with Crippen molar-refractivity contribution in [3.63, 3.8) is 0 Å². The van der Waals surface area contributed by atoms with Crippen molar-refractivity contribution in [2.45, 2.75) is 31.1 Å². The van der Waals surface area contributed by atoms with Crippen LogP contribution in [0.15, 0.2) is 48.8 Å². The summed E-state index contributed by atoms with van der Waals surface area (Å²) in [6.45, 7) is 1.92. The molecule has 5 rings (SSSR count). The average molecular weight is 405 g/mol. The van der Waals surface area contributed by atoms with E-state index < -0.39 is 5.67 Å². The van der Waals surface area contributed by atoms with Crippen molar-refractivity contribution < 1.29 is 9.13 Å².